The minimum atomic E-state index is -0.674. The summed E-state index contributed by atoms with van der Waals surface area (Å²) in [5, 5.41) is 11.3. The number of aliphatic hydroxyl groups excluding tert-OH is 1. The van der Waals surface area contributed by atoms with Gasteiger partial charge < -0.3 is 19.5 Å². The number of ketones is 1. The van der Waals surface area contributed by atoms with Crippen LogP contribution in [0.15, 0.2) is 54.4 Å². The third kappa shape index (κ3) is 5.89. The van der Waals surface area contributed by atoms with Crippen molar-refractivity contribution < 1.29 is 24.2 Å². The second-order valence-electron chi connectivity index (χ2n) is 8.81. The van der Waals surface area contributed by atoms with Crippen LogP contribution in [-0.2, 0) is 14.3 Å². The van der Waals surface area contributed by atoms with Gasteiger partial charge in [-0.2, -0.15) is 0 Å². The first-order chi connectivity index (χ1) is 17.1. The average molecular weight is 480 g/mol. The van der Waals surface area contributed by atoms with Gasteiger partial charge in [0, 0.05) is 44.1 Å². The Bertz CT molecular complexity index is 1050. The Labute approximate surface area is 206 Å². The second-order valence-corrected chi connectivity index (χ2v) is 8.81. The number of Topliss-reactive ketones (excluding diaryl/α,β-unsaturated/α-hetero) is 1. The third-order valence-corrected chi connectivity index (χ3v) is 6.41. The van der Waals surface area contributed by atoms with Crippen molar-refractivity contribution in [3.05, 3.63) is 65.5 Å². The van der Waals surface area contributed by atoms with Crippen LogP contribution in [0.25, 0.3) is 5.76 Å². The van der Waals surface area contributed by atoms with Gasteiger partial charge in [-0.15, -0.1) is 0 Å². The molecule has 1 atom stereocenters. The lowest BCUT2D eigenvalue weighted by Crippen LogP contribution is -2.38. The molecule has 0 aliphatic carbocycles. The molecule has 0 saturated carbocycles. The number of morpholine rings is 1. The summed E-state index contributed by atoms with van der Waals surface area (Å²) in [6, 6.07) is 9.91. The van der Waals surface area contributed by atoms with Crippen molar-refractivity contribution >= 4 is 17.4 Å². The number of carbonyl (C=O) groups is 2. The molecular formula is C27H33N3O5. The van der Waals surface area contributed by atoms with Crippen molar-refractivity contribution in [2.75, 3.05) is 46.0 Å². The van der Waals surface area contributed by atoms with E-state index in [-0.39, 0.29) is 11.3 Å². The van der Waals surface area contributed by atoms with Crippen LogP contribution >= 0.6 is 0 Å². The van der Waals surface area contributed by atoms with Crippen molar-refractivity contribution in [1.82, 2.24) is 14.8 Å². The fraction of sp³-hybridized carbons (Fsp3) is 0.444. The van der Waals surface area contributed by atoms with Crippen molar-refractivity contribution in [2.45, 2.75) is 32.2 Å². The first-order valence-electron chi connectivity index (χ1n) is 12.3. The highest BCUT2D eigenvalue weighted by atomic mass is 16.5. The predicted octanol–water partition coefficient (Wildman–Crippen LogP) is 3.40. The van der Waals surface area contributed by atoms with Crippen LogP contribution < -0.4 is 4.74 Å². The molecule has 2 saturated heterocycles. The summed E-state index contributed by atoms with van der Waals surface area (Å²) in [7, 11) is 0. The van der Waals surface area contributed by atoms with E-state index < -0.39 is 17.7 Å². The Morgan fingerprint density at radius 1 is 1.11 bits per heavy atom. The maximum absolute atomic E-state index is 13.2. The molecule has 2 aliphatic heterocycles. The molecule has 3 heterocycles. The number of amides is 1. The van der Waals surface area contributed by atoms with Crippen molar-refractivity contribution in [2.24, 2.45) is 0 Å². The molecule has 1 aromatic carbocycles. The van der Waals surface area contributed by atoms with Crippen LogP contribution in [0.3, 0.4) is 0 Å². The molecule has 2 aromatic rings. The minimum absolute atomic E-state index is 0.0956. The summed E-state index contributed by atoms with van der Waals surface area (Å²) in [6.07, 6.45) is 5.92. The fourth-order valence-corrected chi connectivity index (χ4v) is 4.52. The van der Waals surface area contributed by atoms with Crippen LogP contribution in [0, 0.1) is 0 Å². The summed E-state index contributed by atoms with van der Waals surface area (Å²) in [6.45, 7) is 7.03. The molecule has 0 spiro atoms. The smallest absolute Gasteiger partial charge is 0.295 e. The van der Waals surface area contributed by atoms with Crippen LogP contribution in [0.2, 0.25) is 0 Å². The van der Waals surface area contributed by atoms with E-state index in [1.165, 1.54) is 0 Å². The molecule has 4 rings (SSSR count). The molecule has 35 heavy (non-hydrogen) atoms. The maximum Gasteiger partial charge on any atom is 0.295 e. The Morgan fingerprint density at radius 3 is 2.63 bits per heavy atom. The van der Waals surface area contributed by atoms with E-state index in [4.69, 9.17) is 9.47 Å². The van der Waals surface area contributed by atoms with Gasteiger partial charge >= 0.3 is 0 Å². The molecule has 0 bridgehead atoms. The summed E-state index contributed by atoms with van der Waals surface area (Å²) in [5.41, 5.74) is 1.28. The summed E-state index contributed by atoms with van der Waals surface area (Å²) < 4.78 is 11.2. The third-order valence-electron chi connectivity index (χ3n) is 6.41. The molecule has 2 fully saturated rings. The number of aromatic nitrogens is 1. The number of unbranched alkanes of at least 4 members (excludes halogenated alkanes) is 1. The molecule has 1 amide bonds. The first kappa shape index (κ1) is 24.9. The zero-order chi connectivity index (χ0) is 24.6. The van der Waals surface area contributed by atoms with E-state index >= 15 is 0 Å². The molecule has 1 aromatic heterocycles. The highest BCUT2D eigenvalue weighted by Gasteiger charge is 2.45. The Morgan fingerprint density at radius 2 is 1.89 bits per heavy atom. The number of pyridine rings is 1. The largest absolute Gasteiger partial charge is 0.507 e. The van der Waals surface area contributed by atoms with Gasteiger partial charge in [-0.3, -0.25) is 19.5 Å². The van der Waals surface area contributed by atoms with E-state index in [0.29, 0.717) is 37.7 Å². The van der Waals surface area contributed by atoms with Gasteiger partial charge in [-0.05, 0) is 42.7 Å². The molecular weight excluding hydrogens is 446 g/mol. The van der Waals surface area contributed by atoms with Gasteiger partial charge in [0.1, 0.15) is 11.5 Å². The van der Waals surface area contributed by atoms with Crippen LogP contribution in [-0.4, -0.2) is 77.6 Å². The fourth-order valence-electron chi connectivity index (χ4n) is 4.52. The zero-order valence-electron chi connectivity index (χ0n) is 20.2. The molecule has 8 nitrogen and oxygen atoms in total. The van der Waals surface area contributed by atoms with Gasteiger partial charge in [0.05, 0.1) is 31.4 Å². The number of hydrogen-bond acceptors (Lipinski definition) is 7. The lowest BCUT2D eigenvalue weighted by molar-refractivity contribution is -0.140. The normalized spacial score (nSPS) is 20.4. The number of rotatable bonds is 10. The van der Waals surface area contributed by atoms with Gasteiger partial charge in [-0.1, -0.05) is 25.5 Å². The standard InChI is InChI=1S/C27H33N3O5/c1-2-3-16-35-22-7-4-6-21(19-22)25(31)23-24(20-8-10-28-11-9-20)30(27(33)26(23)32)13-5-12-29-14-17-34-18-15-29/h4,6-11,19,24,31H,2-3,5,12-18H2,1H3/b25-23+. The van der Waals surface area contributed by atoms with Gasteiger partial charge in [0.2, 0.25) is 0 Å². The Kier molecular flexibility index (Phi) is 8.50. The van der Waals surface area contributed by atoms with E-state index in [9.17, 15) is 14.7 Å². The molecule has 0 radical (unpaired) electrons. The lowest BCUT2D eigenvalue weighted by atomic mass is 9.96. The Balaban J connectivity index is 1.62. The highest BCUT2D eigenvalue weighted by Crippen LogP contribution is 2.39. The number of likely N-dealkylation sites (tertiary alicyclic amines) is 1. The number of aliphatic hydroxyl groups is 1. The van der Waals surface area contributed by atoms with E-state index in [0.717, 1.165) is 44.5 Å². The summed E-state index contributed by atoms with van der Waals surface area (Å²) in [5.74, 6) is -0.844. The lowest BCUT2D eigenvalue weighted by Gasteiger charge is -2.29. The van der Waals surface area contributed by atoms with Gasteiger partial charge in [0.25, 0.3) is 11.7 Å². The van der Waals surface area contributed by atoms with Crippen molar-refractivity contribution in [3.8, 4) is 5.75 Å². The van der Waals surface area contributed by atoms with Gasteiger partial charge in [0.15, 0.2) is 0 Å². The second kappa shape index (κ2) is 12.0. The molecule has 186 valence electrons. The minimum Gasteiger partial charge on any atom is -0.507 e. The monoisotopic (exact) mass is 479 g/mol. The number of ether oxygens (including phenoxy) is 2. The molecule has 1 unspecified atom stereocenters. The number of benzene rings is 1. The van der Waals surface area contributed by atoms with Gasteiger partial charge in [-0.25, -0.2) is 0 Å². The molecule has 2 aliphatic rings. The van der Waals surface area contributed by atoms with Crippen molar-refractivity contribution in [1.29, 1.82) is 0 Å². The van der Waals surface area contributed by atoms with E-state index in [1.54, 1.807) is 47.6 Å². The average Bonchev–Trinajstić information content (AvgIpc) is 3.15. The summed E-state index contributed by atoms with van der Waals surface area (Å²) >= 11 is 0. The quantitative estimate of drug-likeness (QED) is 0.242. The van der Waals surface area contributed by atoms with E-state index in [2.05, 4.69) is 16.8 Å². The van der Waals surface area contributed by atoms with E-state index in [1.807, 2.05) is 6.07 Å². The zero-order valence-corrected chi connectivity index (χ0v) is 20.2. The molecule has 1 N–H and O–H groups in total. The van der Waals surface area contributed by atoms with Crippen molar-refractivity contribution in [3.63, 3.8) is 0 Å². The van der Waals surface area contributed by atoms with Crippen LogP contribution in [0.1, 0.15) is 43.4 Å². The maximum atomic E-state index is 13.2. The highest BCUT2D eigenvalue weighted by molar-refractivity contribution is 6.46. The van der Waals surface area contributed by atoms with Crippen LogP contribution in [0.5, 0.6) is 5.75 Å². The summed E-state index contributed by atoms with van der Waals surface area (Å²) in [4.78, 5) is 34.3. The Hall–Kier alpha value is -3.23. The number of carbonyl (C=O) groups excluding carboxylic acids is 2. The van der Waals surface area contributed by atoms with Crippen LogP contribution in [0.4, 0.5) is 0 Å². The SMILES string of the molecule is CCCCOc1cccc(/C(O)=C2\C(=O)C(=O)N(CCCN3CCOCC3)C2c2ccncc2)c1. The molecule has 8 heteroatoms. The number of hydrogen-bond donors (Lipinski definition) is 1. The number of nitrogens with zero attached hydrogens (tertiary/aromatic N) is 3. The predicted molar refractivity (Wildman–Crippen MR) is 132 cm³/mol. The topological polar surface area (TPSA) is 92.2 Å². The first-order valence-corrected chi connectivity index (χ1v) is 12.3.